The van der Waals surface area contributed by atoms with Crippen LogP contribution < -0.4 is 5.43 Å². The summed E-state index contributed by atoms with van der Waals surface area (Å²) < 4.78 is 0. The monoisotopic (exact) mass is 300 g/mol. The first-order valence-electron chi connectivity index (χ1n) is 4.87. The minimum Gasteiger partial charge on any atom is -0.265 e. The summed E-state index contributed by atoms with van der Waals surface area (Å²) in [5.41, 5.74) is 3.59. The van der Waals surface area contributed by atoms with Crippen molar-refractivity contribution in [1.82, 2.24) is 9.97 Å². The lowest BCUT2D eigenvalue weighted by atomic mass is 10.3. The Kier molecular flexibility index (Phi) is 4.36. The molecule has 0 fully saturated rings. The van der Waals surface area contributed by atoms with Crippen LogP contribution in [0.3, 0.4) is 0 Å². The molecule has 4 nitrogen and oxygen atoms in total. The summed E-state index contributed by atoms with van der Waals surface area (Å²) in [6.45, 7) is 0. The number of aromatic nitrogens is 2. The Morgan fingerprint density at radius 1 is 1.11 bits per heavy atom. The van der Waals surface area contributed by atoms with Gasteiger partial charge in [0.1, 0.15) is 5.15 Å². The zero-order valence-corrected chi connectivity index (χ0v) is 11.2. The third-order valence-corrected chi connectivity index (χ3v) is 2.94. The Labute approximate surface area is 119 Å². The molecule has 0 aromatic carbocycles. The van der Waals surface area contributed by atoms with E-state index < -0.39 is 0 Å². The average molecular weight is 302 g/mol. The van der Waals surface area contributed by atoms with E-state index in [0.717, 1.165) is 5.56 Å². The number of anilines is 1. The second-order valence-electron chi connectivity index (χ2n) is 3.24. The first-order valence-corrected chi connectivity index (χ1v) is 6.01. The third kappa shape index (κ3) is 3.32. The molecule has 1 N–H and O–H groups in total. The Balaban J connectivity index is 2.11. The summed E-state index contributed by atoms with van der Waals surface area (Å²) in [5.74, 6) is 0.344. The fourth-order valence-corrected chi connectivity index (χ4v) is 1.68. The van der Waals surface area contributed by atoms with Gasteiger partial charge in [-0.15, -0.1) is 0 Å². The van der Waals surface area contributed by atoms with Crippen LogP contribution in [0.4, 0.5) is 5.82 Å². The van der Waals surface area contributed by atoms with Gasteiger partial charge >= 0.3 is 0 Å². The molecule has 92 valence electrons. The van der Waals surface area contributed by atoms with Gasteiger partial charge in [-0.2, -0.15) is 5.10 Å². The second kappa shape index (κ2) is 6.00. The lowest BCUT2D eigenvalue weighted by Gasteiger charge is -2.03. The van der Waals surface area contributed by atoms with E-state index in [1.165, 1.54) is 6.07 Å². The summed E-state index contributed by atoms with van der Waals surface area (Å²) in [5, 5.41) is 4.80. The maximum absolute atomic E-state index is 5.93. The topological polar surface area (TPSA) is 50.2 Å². The minimum atomic E-state index is 0.169. The van der Waals surface area contributed by atoms with Gasteiger partial charge in [0, 0.05) is 12.4 Å². The van der Waals surface area contributed by atoms with Crippen molar-refractivity contribution in [2.45, 2.75) is 0 Å². The maximum atomic E-state index is 5.93. The van der Waals surface area contributed by atoms with Crippen LogP contribution in [-0.4, -0.2) is 16.2 Å². The second-order valence-corrected chi connectivity index (χ2v) is 4.41. The summed E-state index contributed by atoms with van der Waals surface area (Å²) in [4.78, 5) is 7.87. The molecule has 7 heteroatoms. The molecule has 0 saturated heterocycles. The molecule has 0 aliphatic carbocycles. The smallest absolute Gasteiger partial charge is 0.166 e. The number of hydrogen-bond donors (Lipinski definition) is 1. The molecule has 0 spiro atoms. The molecular weight excluding hydrogens is 295 g/mol. The molecular formula is C11H7Cl3N4. The van der Waals surface area contributed by atoms with Gasteiger partial charge in [0.2, 0.25) is 0 Å². The Morgan fingerprint density at radius 2 is 1.83 bits per heavy atom. The number of rotatable bonds is 3. The predicted molar refractivity (Wildman–Crippen MR) is 74.7 cm³/mol. The molecule has 0 amide bonds. The largest absolute Gasteiger partial charge is 0.265 e. The number of hydrazone groups is 1. The number of pyridine rings is 2. The van der Waals surface area contributed by atoms with Gasteiger partial charge in [-0.1, -0.05) is 34.8 Å². The van der Waals surface area contributed by atoms with Crippen molar-refractivity contribution < 1.29 is 0 Å². The highest BCUT2D eigenvalue weighted by Crippen LogP contribution is 2.28. The molecule has 0 unspecified atom stereocenters. The van der Waals surface area contributed by atoms with Crippen LogP contribution in [0.15, 0.2) is 35.7 Å². The van der Waals surface area contributed by atoms with Gasteiger partial charge in [-0.05, 0) is 23.8 Å². The Morgan fingerprint density at radius 3 is 2.56 bits per heavy atom. The highest BCUT2D eigenvalue weighted by molar-refractivity contribution is 6.42. The van der Waals surface area contributed by atoms with E-state index >= 15 is 0 Å². The predicted octanol–water partition coefficient (Wildman–Crippen LogP) is 3.88. The SMILES string of the molecule is Clc1cc(Cl)c(N/N=C\c2ccncc2)nc1Cl. The summed E-state index contributed by atoms with van der Waals surface area (Å²) >= 11 is 17.5. The van der Waals surface area contributed by atoms with Crippen LogP contribution in [0.5, 0.6) is 0 Å². The zero-order chi connectivity index (χ0) is 13.0. The molecule has 2 rings (SSSR count). The van der Waals surface area contributed by atoms with Crippen molar-refractivity contribution in [2.75, 3.05) is 5.43 Å². The molecule has 0 radical (unpaired) electrons. The van der Waals surface area contributed by atoms with Gasteiger partial charge < -0.3 is 0 Å². The van der Waals surface area contributed by atoms with Crippen LogP contribution in [0.25, 0.3) is 0 Å². The normalized spacial score (nSPS) is 10.8. The zero-order valence-electron chi connectivity index (χ0n) is 8.94. The van der Waals surface area contributed by atoms with Gasteiger partial charge in [0.25, 0.3) is 0 Å². The molecule has 2 aromatic rings. The number of halogens is 3. The van der Waals surface area contributed by atoms with Crippen LogP contribution in [-0.2, 0) is 0 Å². The van der Waals surface area contributed by atoms with Gasteiger partial charge in [-0.3, -0.25) is 10.4 Å². The van der Waals surface area contributed by atoms with Crippen molar-refractivity contribution >= 4 is 46.8 Å². The fourth-order valence-electron chi connectivity index (χ4n) is 1.14. The molecule has 2 heterocycles. The number of nitrogens with zero attached hydrogens (tertiary/aromatic N) is 3. The van der Waals surface area contributed by atoms with E-state index in [4.69, 9.17) is 34.8 Å². The molecule has 0 atom stereocenters. The molecule has 0 bridgehead atoms. The van der Waals surface area contributed by atoms with E-state index in [-0.39, 0.29) is 5.15 Å². The molecule has 0 aliphatic rings. The van der Waals surface area contributed by atoms with E-state index in [1.807, 2.05) is 12.1 Å². The van der Waals surface area contributed by atoms with E-state index in [1.54, 1.807) is 18.6 Å². The molecule has 0 aliphatic heterocycles. The molecule has 18 heavy (non-hydrogen) atoms. The summed E-state index contributed by atoms with van der Waals surface area (Å²) in [7, 11) is 0. The van der Waals surface area contributed by atoms with Gasteiger partial charge in [-0.25, -0.2) is 4.98 Å². The standard InChI is InChI=1S/C11H7Cl3N4/c12-8-5-9(13)11(17-10(8)14)18-16-6-7-1-3-15-4-2-7/h1-6H,(H,17,18)/b16-6-. The van der Waals surface area contributed by atoms with Crippen LogP contribution >= 0.6 is 34.8 Å². The first kappa shape index (κ1) is 13.1. The lowest BCUT2D eigenvalue weighted by Crippen LogP contribution is -1.95. The molecule has 2 aromatic heterocycles. The number of hydrogen-bond acceptors (Lipinski definition) is 4. The summed E-state index contributed by atoms with van der Waals surface area (Å²) in [6.07, 6.45) is 4.96. The molecule has 0 saturated carbocycles. The summed E-state index contributed by atoms with van der Waals surface area (Å²) in [6, 6.07) is 5.13. The van der Waals surface area contributed by atoms with Crippen molar-refractivity contribution in [2.24, 2.45) is 5.10 Å². The minimum absolute atomic E-state index is 0.169. The quantitative estimate of drug-likeness (QED) is 0.532. The Hall–Kier alpha value is -1.36. The van der Waals surface area contributed by atoms with Crippen molar-refractivity contribution in [3.05, 3.63) is 51.4 Å². The van der Waals surface area contributed by atoms with Crippen molar-refractivity contribution in [1.29, 1.82) is 0 Å². The highest BCUT2D eigenvalue weighted by atomic mass is 35.5. The van der Waals surface area contributed by atoms with Crippen LogP contribution in [0.2, 0.25) is 15.2 Å². The van der Waals surface area contributed by atoms with E-state index in [0.29, 0.717) is 15.9 Å². The fraction of sp³-hybridized carbons (Fsp3) is 0. The van der Waals surface area contributed by atoms with Crippen LogP contribution in [0.1, 0.15) is 5.56 Å². The number of nitrogens with one attached hydrogen (secondary N) is 1. The Bertz CT molecular complexity index is 572. The highest BCUT2D eigenvalue weighted by Gasteiger charge is 2.06. The third-order valence-electron chi connectivity index (χ3n) is 1.98. The lowest BCUT2D eigenvalue weighted by molar-refractivity contribution is 1.23. The van der Waals surface area contributed by atoms with Crippen LogP contribution in [0, 0.1) is 0 Å². The maximum Gasteiger partial charge on any atom is 0.166 e. The van der Waals surface area contributed by atoms with E-state index in [9.17, 15) is 0 Å². The van der Waals surface area contributed by atoms with Gasteiger partial charge in [0.15, 0.2) is 5.82 Å². The van der Waals surface area contributed by atoms with Gasteiger partial charge in [0.05, 0.1) is 16.3 Å². The van der Waals surface area contributed by atoms with E-state index in [2.05, 4.69) is 20.5 Å². The van der Waals surface area contributed by atoms with Crippen molar-refractivity contribution in [3.8, 4) is 0 Å². The average Bonchev–Trinajstić information content (AvgIpc) is 2.37. The first-order chi connectivity index (χ1) is 8.66. The van der Waals surface area contributed by atoms with Crippen molar-refractivity contribution in [3.63, 3.8) is 0 Å².